The zero-order valence-corrected chi connectivity index (χ0v) is 10.7. The molecule has 2 rings (SSSR count). The van der Waals surface area contributed by atoms with Crippen molar-refractivity contribution >= 4 is 22.8 Å². The van der Waals surface area contributed by atoms with Gasteiger partial charge < -0.3 is 10.4 Å². The Labute approximate surface area is 110 Å². The molecule has 0 spiro atoms. The van der Waals surface area contributed by atoms with Crippen LogP contribution in [0.3, 0.4) is 0 Å². The van der Waals surface area contributed by atoms with E-state index in [4.69, 9.17) is 5.11 Å². The van der Waals surface area contributed by atoms with Gasteiger partial charge in [-0.05, 0) is 26.0 Å². The summed E-state index contributed by atoms with van der Waals surface area (Å²) in [5.41, 5.74) is 1.78. The highest BCUT2D eigenvalue weighted by molar-refractivity contribution is 6.00. The highest BCUT2D eigenvalue weighted by atomic mass is 16.4. The zero-order valence-electron chi connectivity index (χ0n) is 10.7. The number of benzene rings is 1. The van der Waals surface area contributed by atoms with Crippen LogP contribution in [0.25, 0.3) is 10.9 Å². The number of nitrogens with zero attached hydrogens (tertiary/aromatic N) is 1. The van der Waals surface area contributed by atoms with Gasteiger partial charge in [0.15, 0.2) is 0 Å². The molecule has 0 radical (unpaired) electrons. The molecule has 1 unspecified atom stereocenters. The molecule has 5 nitrogen and oxygen atoms in total. The van der Waals surface area contributed by atoms with Crippen molar-refractivity contribution in [1.82, 2.24) is 10.3 Å². The van der Waals surface area contributed by atoms with Crippen LogP contribution in [-0.4, -0.2) is 28.0 Å². The topological polar surface area (TPSA) is 79.3 Å². The number of hydrogen-bond donors (Lipinski definition) is 2. The van der Waals surface area contributed by atoms with E-state index in [1.165, 1.54) is 6.92 Å². The second-order valence-electron chi connectivity index (χ2n) is 4.35. The smallest absolute Gasteiger partial charge is 0.325 e. The molecule has 1 amide bonds. The number of hydrogen-bond acceptors (Lipinski definition) is 3. The molecule has 0 saturated carbocycles. The minimum Gasteiger partial charge on any atom is -0.480 e. The molecule has 98 valence electrons. The number of aliphatic carboxylic acids is 1. The first kappa shape index (κ1) is 13.0. The number of carboxylic acids is 1. The fraction of sp³-hybridized carbons (Fsp3) is 0.214. The van der Waals surface area contributed by atoms with Crippen LogP contribution in [-0.2, 0) is 4.79 Å². The molecule has 0 bridgehead atoms. The summed E-state index contributed by atoms with van der Waals surface area (Å²) in [4.78, 5) is 27.1. The van der Waals surface area contributed by atoms with E-state index in [-0.39, 0.29) is 0 Å². The first-order valence-corrected chi connectivity index (χ1v) is 5.89. The zero-order chi connectivity index (χ0) is 14.0. The number of pyridine rings is 1. The van der Waals surface area contributed by atoms with Crippen molar-refractivity contribution in [3.63, 3.8) is 0 Å². The van der Waals surface area contributed by atoms with E-state index in [0.717, 1.165) is 10.9 Å². The number of aryl methyl sites for hydroxylation is 1. The largest absolute Gasteiger partial charge is 0.480 e. The van der Waals surface area contributed by atoms with Gasteiger partial charge in [0.25, 0.3) is 5.91 Å². The molecule has 2 aromatic rings. The quantitative estimate of drug-likeness (QED) is 0.879. The highest BCUT2D eigenvalue weighted by Gasteiger charge is 2.17. The average Bonchev–Trinajstić information content (AvgIpc) is 2.37. The second kappa shape index (κ2) is 5.06. The van der Waals surface area contributed by atoms with Crippen LogP contribution in [0.15, 0.2) is 30.3 Å². The van der Waals surface area contributed by atoms with E-state index in [1.807, 2.05) is 24.3 Å². The molecule has 2 N–H and O–H groups in total. The number of carbonyl (C=O) groups excluding carboxylic acids is 1. The fourth-order valence-corrected chi connectivity index (χ4v) is 1.78. The van der Waals surface area contributed by atoms with Crippen molar-refractivity contribution in [2.45, 2.75) is 19.9 Å². The number of fused-ring (bicyclic) bond motifs is 1. The predicted molar refractivity (Wildman–Crippen MR) is 71.0 cm³/mol. The monoisotopic (exact) mass is 258 g/mol. The summed E-state index contributed by atoms with van der Waals surface area (Å²) >= 11 is 0. The number of nitrogens with one attached hydrogen (secondary N) is 1. The summed E-state index contributed by atoms with van der Waals surface area (Å²) in [7, 11) is 0. The lowest BCUT2D eigenvalue weighted by Crippen LogP contribution is -2.38. The molecule has 1 aromatic carbocycles. The number of rotatable bonds is 3. The average molecular weight is 258 g/mol. The molecule has 0 aliphatic rings. The summed E-state index contributed by atoms with van der Waals surface area (Å²) in [5.74, 6) is -1.49. The van der Waals surface area contributed by atoms with Crippen molar-refractivity contribution in [2.75, 3.05) is 0 Å². The van der Waals surface area contributed by atoms with Crippen molar-refractivity contribution in [3.8, 4) is 0 Å². The Morgan fingerprint density at radius 3 is 2.68 bits per heavy atom. The second-order valence-corrected chi connectivity index (χ2v) is 4.35. The van der Waals surface area contributed by atoms with Gasteiger partial charge in [0, 0.05) is 5.39 Å². The van der Waals surface area contributed by atoms with Crippen molar-refractivity contribution < 1.29 is 14.7 Å². The van der Waals surface area contributed by atoms with Crippen LogP contribution in [0.5, 0.6) is 0 Å². The molecular formula is C14H14N2O3. The van der Waals surface area contributed by atoms with Gasteiger partial charge in [0.05, 0.1) is 16.8 Å². The van der Waals surface area contributed by atoms with E-state index in [0.29, 0.717) is 11.3 Å². The van der Waals surface area contributed by atoms with Gasteiger partial charge in [-0.15, -0.1) is 0 Å². The summed E-state index contributed by atoms with van der Waals surface area (Å²) in [6.07, 6.45) is 0. The first-order chi connectivity index (χ1) is 8.99. The molecule has 5 heteroatoms. The van der Waals surface area contributed by atoms with Gasteiger partial charge in [0.1, 0.15) is 6.04 Å². The van der Waals surface area contributed by atoms with Crippen LogP contribution in [0.2, 0.25) is 0 Å². The van der Waals surface area contributed by atoms with Gasteiger partial charge in [-0.3, -0.25) is 14.6 Å². The number of amides is 1. The van der Waals surface area contributed by atoms with E-state index in [9.17, 15) is 9.59 Å². The molecule has 0 saturated heterocycles. The minimum absolute atomic E-state index is 0.395. The van der Waals surface area contributed by atoms with Crippen LogP contribution < -0.4 is 5.32 Å². The Morgan fingerprint density at radius 1 is 1.32 bits per heavy atom. The van der Waals surface area contributed by atoms with E-state index in [2.05, 4.69) is 10.3 Å². The molecule has 0 aliphatic heterocycles. The molecular weight excluding hydrogens is 244 g/mol. The van der Waals surface area contributed by atoms with Crippen molar-refractivity contribution in [2.24, 2.45) is 0 Å². The molecule has 1 atom stereocenters. The Bertz CT molecular complexity index is 652. The maximum absolute atomic E-state index is 12.0. The van der Waals surface area contributed by atoms with Crippen molar-refractivity contribution in [3.05, 3.63) is 41.6 Å². The van der Waals surface area contributed by atoms with E-state index in [1.54, 1.807) is 13.0 Å². The number of carboxylic acid groups (broad SMARTS) is 1. The molecule has 0 aliphatic carbocycles. The maximum Gasteiger partial charge on any atom is 0.325 e. The van der Waals surface area contributed by atoms with Crippen LogP contribution in [0.1, 0.15) is 23.0 Å². The third-order valence-electron chi connectivity index (χ3n) is 2.88. The SMILES string of the molecule is Cc1nc2ccccc2cc1C(=O)NC(C)C(=O)O. The molecule has 1 heterocycles. The summed E-state index contributed by atoms with van der Waals surface area (Å²) < 4.78 is 0. The standard InChI is InChI=1S/C14H14N2O3/c1-8-11(13(17)16-9(2)14(18)19)7-10-5-3-4-6-12(10)15-8/h3-7,9H,1-2H3,(H,16,17)(H,18,19). The van der Waals surface area contributed by atoms with Gasteiger partial charge in [-0.1, -0.05) is 18.2 Å². The van der Waals surface area contributed by atoms with E-state index >= 15 is 0 Å². The Balaban J connectivity index is 2.36. The fourth-order valence-electron chi connectivity index (χ4n) is 1.78. The summed E-state index contributed by atoms with van der Waals surface area (Å²) in [6.45, 7) is 3.15. The Hall–Kier alpha value is -2.43. The van der Waals surface area contributed by atoms with Gasteiger partial charge >= 0.3 is 5.97 Å². The highest BCUT2D eigenvalue weighted by Crippen LogP contribution is 2.16. The third kappa shape index (κ3) is 2.70. The van der Waals surface area contributed by atoms with Gasteiger partial charge in [-0.25, -0.2) is 0 Å². The number of aromatic nitrogens is 1. The Morgan fingerprint density at radius 2 is 2.00 bits per heavy atom. The lowest BCUT2D eigenvalue weighted by atomic mass is 10.1. The lowest BCUT2D eigenvalue weighted by molar-refractivity contribution is -0.138. The third-order valence-corrected chi connectivity index (χ3v) is 2.88. The van der Waals surface area contributed by atoms with E-state index < -0.39 is 17.9 Å². The normalized spacial score (nSPS) is 12.1. The minimum atomic E-state index is -1.07. The van der Waals surface area contributed by atoms with Gasteiger partial charge in [0.2, 0.25) is 0 Å². The van der Waals surface area contributed by atoms with Crippen molar-refractivity contribution in [1.29, 1.82) is 0 Å². The number of para-hydroxylation sites is 1. The van der Waals surface area contributed by atoms with Crippen LogP contribution in [0.4, 0.5) is 0 Å². The lowest BCUT2D eigenvalue weighted by Gasteiger charge is -2.11. The first-order valence-electron chi connectivity index (χ1n) is 5.89. The van der Waals surface area contributed by atoms with Crippen LogP contribution in [0, 0.1) is 6.92 Å². The molecule has 0 fully saturated rings. The summed E-state index contributed by atoms with van der Waals surface area (Å²) in [5, 5.41) is 12.1. The molecule has 19 heavy (non-hydrogen) atoms. The maximum atomic E-state index is 12.0. The molecule has 1 aromatic heterocycles. The number of carbonyl (C=O) groups is 2. The van der Waals surface area contributed by atoms with Gasteiger partial charge in [-0.2, -0.15) is 0 Å². The Kier molecular flexibility index (Phi) is 3.46. The summed E-state index contributed by atoms with van der Waals surface area (Å²) in [6, 6.07) is 8.26. The van der Waals surface area contributed by atoms with Crippen LogP contribution >= 0.6 is 0 Å². The predicted octanol–water partition coefficient (Wildman–Crippen LogP) is 1.75.